The third-order valence-corrected chi connectivity index (χ3v) is 2.35. The van der Waals surface area contributed by atoms with Gasteiger partial charge in [-0.2, -0.15) is 0 Å². The fourth-order valence-corrected chi connectivity index (χ4v) is 1.57. The van der Waals surface area contributed by atoms with Crippen LogP contribution in [0.15, 0.2) is 22.7 Å². The summed E-state index contributed by atoms with van der Waals surface area (Å²) in [5, 5.41) is -0.0301. The summed E-state index contributed by atoms with van der Waals surface area (Å²) in [6.45, 7) is 1.92. The van der Waals surface area contributed by atoms with Crippen LogP contribution in [0.25, 0.3) is 0 Å². The summed E-state index contributed by atoms with van der Waals surface area (Å²) < 4.78 is 6.18. The Morgan fingerprint density at radius 2 is 2.17 bits per heavy atom. The summed E-state index contributed by atoms with van der Waals surface area (Å²) in [5.41, 5.74) is 1.01. The van der Waals surface area contributed by atoms with Gasteiger partial charge in [0.15, 0.2) is 0 Å². The van der Waals surface area contributed by atoms with Gasteiger partial charge in [-0.15, -0.1) is 11.6 Å². The van der Waals surface area contributed by atoms with Crippen LogP contribution in [0.3, 0.4) is 0 Å². The van der Waals surface area contributed by atoms with Gasteiger partial charge in [-0.3, -0.25) is 0 Å². The van der Waals surface area contributed by atoms with Gasteiger partial charge in [0, 0.05) is 10.0 Å². The summed E-state index contributed by atoms with van der Waals surface area (Å²) in [6.07, 6.45) is 0. The first-order valence-corrected chi connectivity index (χ1v) is 4.85. The Bertz CT molecular complexity index is 273. The molecule has 0 amide bonds. The lowest BCUT2D eigenvalue weighted by atomic mass is 10.1. The Kier molecular flexibility index (Phi) is 3.41. The maximum atomic E-state index is 5.96. The van der Waals surface area contributed by atoms with Crippen LogP contribution in [0.4, 0.5) is 0 Å². The first kappa shape index (κ1) is 9.87. The molecule has 0 fully saturated rings. The van der Waals surface area contributed by atoms with Gasteiger partial charge in [0.25, 0.3) is 0 Å². The Morgan fingerprint density at radius 3 is 2.67 bits per heavy atom. The minimum atomic E-state index is -0.0301. The molecule has 1 aromatic rings. The zero-order valence-electron chi connectivity index (χ0n) is 6.97. The minimum absolute atomic E-state index is 0.0301. The zero-order valence-corrected chi connectivity index (χ0v) is 9.32. The van der Waals surface area contributed by atoms with Crippen molar-refractivity contribution in [2.75, 3.05) is 7.11 Å². The van der Waals surface area contributed by atoms with Gasteiger partial charge in [-0.05, 0) is 25.1 Å². The van der Waals surface area contributed by atoms with E-state index in [-0.39, 0.29) is 5.38 Å². The third kappa shape index (κ3) is 2.14. The average Bonchev–Trinajstić information content (AvgIpc) is 2.04. The van der Waals surface area contributed by atoms with E-state index < -0.39 is 0 Å². The SMILES string of the molecule is COc1ccc(Br)cc1C(C)Cl. The van der Waals surface area contributed by atoms with Crippen molar-refractivity contribution in [2.24, 2.45) is 0 Å². The summed E-state index contributed by atoms with van der Waals surface area (Å²) >= 11 is 9.34. The summed E-state index contributed by atoms with van der Waals surface area (Å²) in [7, 11) is 1.64. The lowest BCUT2D eigenvalue weighted by Gasteiger charge is -2.09. The molecule has 0 bridgehead atoms. The Labute approximate surface area is 85.8 Å². The maximum absolute atomic E-state index is 5.96. The van der Waals surface area contributed by atoms with Crippen molar-refractivity contribution < 1.29 is 4.74 Å². The van der Waals surface area contributed by atoms with Gasteiger partial charge in [0.1, 0.15) is 5.75 Å². The highest BCUT2D eigenvalue weighted by Crippen LogP contribution is 2.31. The number of benzene rings is 1. The van der Waals surface area contributed by atoms with Gasteiger partial charge in [-0.25, -0.2) is 0 Å². The molecule has 66 valence electrons. The van der Waals surface area contributed by atoms with Crippen LogP contribution in [0.5, 0.6) is 5.75 Å². The first-order chi connectivity index (χ1) is 5.65. The number of hydrogen-bond acceptors (Lipinski definition) is 1. The van der Waals surface area contributed by atoms with Gasteiger partial charge >= 0.3 is 0 Å². The van der Waals surface area contributed by atoms with E-state index in [1.807, 2.05) is 25.1 Å². The predicted molar refractivity (Wildman–Crippen MR) is 55.0 cm³/mol. The highest BCUT2D eigenvalue weighted by Gasteiger charge is 2.08. The largest absolute Gasteiger partial charge is 0.496 e. The number of methoxy groups -OCH3 is 1. The van der Waals surface area contributed by atoms with E-state index in [0.29, 0.717) is 0 Å². The highest BCUT2D eigenvalue weighted by atomic mass is 79.9. The van der Waals surface area contributed by atoms with Crippen molar-refractivity contribution in [1.82, 2.24) is 0 Å². The van der Waals surface area contributed by atoms with E-state index in [9.17, 15) is 0 Å². The second kappa shape index (κ2) is 4.15. The van der Waals surface area contributed by atoms with Gasteiger partial charge < -0.3 is 4.74 Å². The molecule has 12 heavy (non-hydrogen) atoms. The second-order valence-electron chi connectivity index (χ2n) is 2.50. The average molecular weight is 250 g/mol. The van der Waals surface area contributed by atoms with Crippen LogP contribution in [0, 0.1) is 0 Å². The van der Waals surface area contributed by atoms with E-state index in [1.165, 1.54) is 0 Å². The second-order valence-corrected chi connectivity index (χ2v) is 4.07. The smallest absolute Gasteiger partial charge is 0.123 e. The normalized spacial score (nSPS) is 12.7. The molecule has 0 aliphatic carbocycles. The Balaban J connectivity index is 3.12. The van der Waals surface area contributed by atoms with Crippen LogP contribution in [-0.2, 0) is 0 Å². The molecule has 1 unspecified atom stereocenters. The van der Waals surface area contributed by atoms with E-state index in [1.54, 1.807) is 7.11 Å². The van der Waals surface area contributed by atoms with Gasteiger partial charge in [-0.1, -0.05) is 15.9 Å². The van der Waals surface area contributed by atoms with Crippen molar-refractivity contribution in [3.05, 3.63) is 28.2 Å². The lowest BCUT2D eigenvalue weighted by molar-refractivity contribution is 0.409. The van der Waals surface area contributed by atoms with E-state index >= 15 is 0 Å². The standard InChI is InChI=1S/C9H10BrClO/c1-6(11)8-5-7(10)3-4-9(8)12-2/h3-6H,1-2H3. The molecule has 0 saturated heterocycles. The quantitative estimate of drug-likeness (QED) is 0.725. The zero-order chi connectivity index (χ0) is 9.14. The highest BCUT2D eigenvalue weighted by molar-refractivity contribution is 9.10. The van der Waals surface area contributed by atoms with Crippen molar-refractivity contribution in [1.29, 1.82) is 0 Å². The topological polar surface area (TPSA) is 9.23 Å². The van der Waals surface area contributed by atoms with Crippen molar-refractivity contribution in [3.8, 4) is 5.75 Å². The lowest BCUT2D eigenvalue weighted by Crippen LogP contribution is -1.91. The Morgan fingerprint density at radius 1 is 1.50 bits per heavy atom. The molecule has 0 aromatic heterocycles. The first-order valence-electron chi connectivity index (χ1n) is 3.62. The summed E-state index contributed by atoms with van der Waals surface area (Å²) in [4.78, 5) is 0. The van der Waals surface area contributed by atoms with E-state index in [4.69, 9.17) is 16.3 Å². The summed E-state index contributed by atoms with van der Waals surface area (Å²) in [6, 6.07) is 5.80. The van der Waals surface area contributed by atoms with Crippen LogP contribution < -0.4 is 4.74 Å². The van der Waals surface area contributed by atoms with Crippen LogP contribution in [-0.4, -0.2) is 7.11 Å². The minimum Gasteiger partial charge on any atom is -0.496 e. The van der Waals surface area contributed by atoms with Crippen LogP contribution >= 0.6 is 27.5 Å². The number of halogens is 2. The molecule has 1 aromatic carbocycles. The van der Waals surface area contributed by atoms with Gasteiger partial charge in [0.2, 0.25) is 0 Å². The molecule has 0 saturated carbocycles. The van der Waals surface area contributed by atoms with Crippen molar-refractivity contribution in [2.45, 2.75) is 12.3 Å². The van der Waals surface area contributed by atoms with Crippen molar-refractivity contribution in [3.63, 3.8) is 0 Å². The molecule has 1 atom stereocenters. The molecule has 0 spiro atoms. The number of rotatable bonds is 2. The van der Waals surface area contributed by atoms with Crippen LogP contribution in [0.2, 0.25) is 0 Å². The van der Waals surface area contributed by atoms with E-state index in [2.05, 4.69) is 15.9 Å². The molecule has 0 aliphatic rings. The predicted octanol–water partition coefficient (Wildman–Crippen LogP) is 3.76. The van der Waals surface area contributed by atoms with E-state index in [0.717, 1.165) is 15.8 Å². The van der Waals surface area contributed by atoms with Crippen LogP contribution in [0.1, 0.15) is 17.9 Å². The molecule has 1 rings (SSSR count). The molecule has 0 N–H and O–H groups in total. The molecular formula is C9H10BrClO. The maximum Gasteiger partial charge on any atom is 0.123 e. The molecule has 0 radical (unpaired) electrons. The molecule has 3 heteroatoms. The summed E-state index contributed by atoms with van der Waals surface area (Å²) in [5.74, 6) is 0.834. The monoisotopic (exact) mass is 248 g/mol. The number of alkyl halides is 1. The molecular weight excluding hydrogens is 239 g/mol. The van der Waals surface area contributed by atoms with Crippen molar-refractivity contribution >= 4 is 27.5 Å². The van der Waals surface area contributed by atoms with Gasteiger partial charge in [0.05, 0.1) is 12.5 Å². The fraction of sp³-hybridized carbons (Fsp3) is 0.333. The molecule has 0 aliphatic heterocycles. The number of ether oxygens (including phenoxy) is 1. The number of hydrogen-bond donors (Lipinski definition) is 0. The Hall–Kier alpha value is -0.210. The molecule has 1 nitrogen and oxygen atoms in total. The molecule has 0 heterocycles. The fourth-order valence-electron chi connectivity index (χ4n) is 1.02. The third-order valence-electron chi connectivity index (χ3n) is 1.62.